The molecule has 0 fully saturated rings. The Hall–Kier alpha value is -1.93. The quantitative estimate of drug-likeness (QED) is 0.810. The van der Waals surface area contributed by atoms with Crippen molar-refractivity contribution in [2.24, 2.45) is 5.73 Å². The van der Waals surface area contributed by atoms with E-state index in [2.05, 4.69) is 4.72 Å². The number of benzene rings is 2. The molecule has 3 N–H and O–H groups in total. The number of nitrogens with two attached hydrogens (primary N) is 1. The normalized spacial score (nSPS) is 13.2. The fourth-order valence-corrected chi connectivity index (χ4v) is 4.01. The van der Waals surface area contributed by atoms with Gasteiger partial charge in [0.15, 0.2) is 0 Å². The number of fused-ring (bicyclic) bond motifs is 1. The van der Waals surface area contributed by atoms with Crippen molar-refractivity contribution in [3.05, 3.63) is 59.2 Å². The van der Waals surface area contributed by atoms with Gasteiger partial charge in [-0.2, -0.15) is 0 Å². The number of hydrogen-bond acceptors (Lipinski definition) is 4. The van der Waals surface area contributed by atoms with E-state index in [9.17, 15) is 13.2 Å². The maximum atomic E-state index is 12.8. The molecule has 1 amide bonds. The van der Waals surface area contributed by atoms with Crippen molar-refractivity contribution >= 4 is 34.0 Å². The average Bonchev–Trinajstić information content (AvgIpc) is 3.04. The first-order valence-electron chi connectivity index (χ1n) is 8.19. The van der Waals surface area contributed by atoms with Crippen LogP contribution in [0, 0.1) is 0 Å². The zero-order valence-electron chi connectivity index (χ0n) is 14.4. The summed E-state index contributed by atoms with van der Waals surface area (Å²) >= 11 is 0. The maximum Gasteiger partial charge on any atom is 0.258 e. The number of carbonyl (C=O) groups is 1. The summed E-state index contributed by atoms with van der Waals surface area (Å²) < 4.78 is 26.9. The number of amides is 1. The summed E-state index contributed by atoms with van der Waals surface area (Å²) in [6.07, 6.45) is 0.712. The maximum absolute atomic E-state index is 12.8. The molecule has 1 heterocycles. The highest BCUT2D eigenvalue weighted by Crippen LogP contribution is 2.31. The Bertz CT molecular complexity index is 898. The average molecular weight is 396 g/mol. The number of nitrogens with zero attached hydrogens (tertiary/aromatic N) is 1. The summed E-state index contributed by atoms with van der Waals surface area (Å²) in [5.41, 5.74) is 8.73. The Morgan fingerprint density at radius 2 is 1.88 bits per heavy atom. The largest absolute Gasteiger partial charge is 0.326 e. The molecule has 0 aromatic heterocycles. The minimum absolute atomic E-state index is 0. The Morgan fingerprint density at radius 3 is 2.50 bits per heavy atom. The van der Waals surface area contributed by atoms with Gasteiger partial charge in [-0.1, -0.05) is 25.1 Å². The molecule has 6 nitrogen and oxygen atoms in total. The summed E-state index contributed by atoms with van der Waals surface area (Å²) in [4.78, 5) is 14.6. The molecule has 0 saturated heterocycles. The monoisotopic (exact) mass is 395 g/mol. The number of carbonyl (C=O) groups excluding carboxylic acids is 1. The van der Waals surface area contributed by atoms with Gasteiger partial charge in [-0.15, -0.1) is 12.4 Å². The zero-order valence-corrected chi connectivity index (χ0v) is 16.1. The van der Waals surface area contributed by atoms with Crippen LogP contribution in [0.25, 0.3) is 0 Å². The second-order valence-corrected chi connectivity index (χ2v) is 7.67. The Balaban J connectivity index is 0.00000243. The Labute approximate surface area is 159 Å². The summed E-state index contributed by atoms with van der Waals surface area (Å²) in [6, 6.07) is 12.1. The molecule has 2 aromatic rings. The van der Waals surface area contributed by atoms with Crippen molar-refractivity contribution in [2.45, 2.75) is 24.8 Å². The number of hydrogen-bond donors (Lipinski definition) is 2. The first-order valence-corrected chi connectivity index (χ1v) is 9.68. The van der Waals surface area contributed by atoms with Crippen molar-refractivity contribution in [1.82, 2.24) is 4.72 Å². The van der Waals surface area contributed by atoms with Crippen molar-refractivity contribution in [3.63, 3.8) is 0 Å². The van der Waals surface area contributed by atoms with Crippen molar-refractivity contribution in [2.75, 3.05) is 18.0 Å². The summed E-state index contributed by atoms with van der Waals surface area (Å²) in [7, 11) is -3.56. The molecule has 0 atom stereocenters. The van der Waals surface area contributed by atoms with Crippen LogP contribution in [0.5, 0.6) is 0 Å². The van der Waals surface area contributed by atoms with Crippen molar-refractivity contribution in [3.8, 4) is 0 Å². The molecule has 0 unspecified atom stereocenters. The van der Waals surface area contributed by atoms with E-state index in [1.165, 1.54) is 0 Å². The minimum Gasteiger partial charge on any atom is -0.326 e. The van der Waals surface area contributed by atoms with Gasteiger partial charge in [0.05, 0.1) is 4.90 Å². The van der Waals surface area contributed by atoms with E-state index in [1.807, 2.05) is 12.1 Å². The van der Waals surface area contributed by atoms with Gasteiger partial charge < -0.3 is 10.6 Å². The third kappa shape index (κ3) is 3.91. The summed E-state index contributed by atoms with van der Waals surface area (Å²) in [6.45, 7) is 3.01. The second kappa shape index (κ2) is 8.18. The van der Waals surface area contributed by atoms with Crippen LogP contribution in [-0.2, 0) is 23.0 Å². The van der Waals surface area contributed by atoms with E-state index in [4.69, 9.17) is 5.73 Å². The van der Waals surface area contributed by atoms with Crippen LogP contribution in [-0.4, -0.2) is 27.4 Å². The number of anilines is 1. The lowest BCUT2D eigenvalue weighted by atomic mass is 10.1. The molecule has 0 aliphatic carbocycles. The van der Waals surface area contributed by atoms with Gasteiger partial charge in [0.1, 0.15) is 0 Å². The third-order valence-corrected chi connectivity index (χ3v) is 5.82. The Morgan fingerprint density at radius 1 is 1.19 bits per heavy atom. The number of nitrogens with one attached hydrogen (secondary N) is 1. The van der Waals surface area contributed by atoms with Crippen LogP contribution in [0.3, 0.4) is 0 Å². The standard InChI is InChI=1S/C18H21N3O3S.ClH/c1-2-20-25(23,24)16-8-7-14-9-10-21(17(14)11-16)18(22)15-5-3-13(12-19)4-6-15;/h3-8,11,20H,2,9-10,12,19H2,1H3;1H. The molecule has 0 spiro atoms. The fourth-order valence-electron chi connectivity index (χ4n) is 2.95. The molecule has 8 heteroatoms. The summed E-state index contributed by atoms with van der Waals surface area (Å²) in [5.74, 6) is -0.139. The fraction of sp³-hybridized carbons (Fsp3) is 0.278. The van der Waals surface area contributed by atoms with Crippen LogP contribution < -0.4 is 15.4 Å². The van der Waals surface area contributed by atoms with E-state index in [0.29, 0.717) is 37.3 Å². The molecule has 26 heavy (non-hydrogen) atoms. The molecule has 0 saturated carbocycles. The van der Waals surface area contributed by atoms with Gasteiger partial charge in [-0.3, -0.25) is 4.79 Å². The molecule has 1 aliphatic rings. The lowest BCUT2D eigenvalue weighted by Gasteiger charge is -2.18. The number of sulfonamides is 1. The van der Waals surface area contributed by atoms with Crippen LogP contribution in [0.1, 0.15) is 28.4 Å². The molecule has 3 rings (SSSR count). The SMILES string of the molecule is CCNS(=O)(=O)c1ccc2c(c1)N(C(=O)c1ccc(CN)cc1)CC2.Cl. The highest BCUT2D eigenvalue weighted by atomic mass is 35.5. The van der Waals surface area contributed by atoms with E-state index >= 15 is 0 Å². The van der Waals surface area contributed by atoms with E-state index in [-0.39, 0.29) is 23.2 Å². The van der Waals surface area contributed by atoms with Crippen LogP contribution in [0.15, 0.2) is 47.4 Å². The van der Waals surface area contributed by atoms with E-state index < -0.39 is 10.0 Å². The zero-order chi connectivity index (χ0) is 18.0. The van der Waals surface area contributed by atoms with Crippen molar-refractivity contribution in [1.29, 1.82) is 0 Å². The van der Waals surface area contributed by atoms with E-state index in [1.54, 1.807) is 42.2 Å². The van der Waals surface area contributed by atoms with E-state index in [0.717, 1.165) is 11.1 Å². The van der Waals surface area contributed by atoms with Gasteiger partial charge in [0.2, 0.25) is 10.0 Å². The van der Waals surface area contributed by atoms with Crippen LogP contribution in [0.2, 0.25) is 0 Å². The predicted molar refractivity (Wildman–Crippen MR) is 104 cm³/mol. The van der Waals surface area contributed by atoms with Gasteiger partial charge in [0.25, 0.3) is 5.91 Å². The Kier molecular flexibility index (Phi) is 6.41. The lowest BCUT2D eigenvalue weighted by Crippen LogP contribution is -2.29. The van der Waals surface area contributed by atoms with Gasteiger partial charge in [-0.05, 0) is 41.8 Å². The smallest absolute Gasteiger partial charge is 0.258 e. The molecular weight excluding hydrogens is 374 g/mol. The summed E-state index contributed by atoms with van der Waals surface area (Å²) in [5, 5.41) is 0. The topological polar surface area (TPSA) is 92.5 Å². The number of halogens is 1. The minimum atomic E-state index is -3.56. The van der Waals surface area contributed by atoms with Gasteiger partial charge >= 0.3 is 0 Å². The van der Waals surface area contributed by atoms with Crippen LogP contribution >= 0.6 is 12.4 Å². The highest BCUT2D eigenvalue weighted by Gasteiger charge is 2.27. The molecule has 0 bridgehead atoms. The molecular formula is C18H22ClN3O3S. The molecule has 140 valence electrons. The van der Waals surface area contributed by atoms with Gasteiger partial charge in [0, 0.05) is 30.9 Å². The second-order valence-electron chi connectivity index (χ2n) is 5.90. The van der Waals surface area contributed by atoms with Gasteiger partial charge in [-0.25, -0.2) is 13.1 Å². The predicted octanol–water partition coefficient (Wildman–Crippen LogP) is 2.07. The third-order valence-electron chi connectivity index (χ3n) is 4.28. The molecule has 2 aromatic carbocycles. The molecule has 1 aliphatic heterocycles. The van der Waals surface area contributed by atoms with Crippen LogP contribution in [0.4, 0.5) is 5.69 Å². The first-order chi connectivity index (χ1) is 12.0. The van der Waals surface area contributed by atoms with Crippen molar-refractivity contribution < 1.29 is 13.2 Å². The highest BCUT2D eigenvalue weighted by molar-refractivity contribution is 7.89. The first kappa shape index (κ1) is 20.4. The lowest BCUT2D eigenvalue weighted by molar-refractivity contribution is 0.0989. The molecule has 0 radical (unpaired) electrons. The number of rotatable bonds is 5.